The lowest BCUT2D eigenvalue weighted by molar-refractivity contribution is 0.524. The third-order valence-electron chi connectivity index (χ3n) is 1.32. The largest absolute Gasteiger partial charge is 0.324 e. The van der Waals surface area contributed by atoms with Crippen molar-refractivity contribution in [3.05, 3.63) is 6.42 Å². The Morgan fingerprint density at radius 2 is 1.67 bits per heavy atom. The fourth-order valence-electron chi connectivity index (χ4n) is 0.898. The van der Waals surface area contributed by atoms with Gasteiger partial charge in [-0.05, 0) is 6.42 Å². The molecule has 0 aromatic rings. The molecule has 0 unspecified atom stereocenters. The number of rotatable bonds is 0. The van der Waals surface area contributed by atoms with E-state index in [9.17, 15) is 0 Å². The van der Waals surface area contributed by atoms with Gasteiger partial charge in [0.1, 0.15) is 0 Å². The molecule has 1 aliphatic rings. The highest BCUT2D eigenvalue weighted by Gasteiger charge is 1.95. The Bertz CT molecular complexity index is 50.6. The summed E-state index contributed by atoms with van der Waals surface area (Å²) in [5, 5.41) is 0. The number of hydrogen-bond acceptors (Lipinski definition) is 1. The van der Waals surface area contributed by atoms with E-state index in [0.29, 0.717) is 0 Å². The fourth-order valence-corrected chi connectivity index (χ4v) is 0.898. The van der Waals surface area contributed by atoms with Crippen LogP contribution in [0.1, 0.15) is 32.1 Å². The highest BCUT2D eigenvalue weighted by molar-refractivity contribution is 7.16. The van der Waals surface area contributed by atoms with Gasteiger partial charge in [0, 0.05) is 0 Å². The van der Waals surface area contributed by atoms with Crippen molar-refractivity contribution < 1.29 is 9.46 Å². The summed E-state index contributed by atoms with van der Waals surface area (Å²) in [5.41, 5.74) is 0. The van der Waals surface area contributed by atoms with Gasteiger partial charge in [-0.1, -0.05) is 32.1 Å². The summed E-state index contributed by atoms with van der Waals surface area (Å²) in [6, 6.07) is 0. The van der Waals surface area contributed by atoms with Crippen LogP contribution in [0.25, 0.3) is 0 Å². The highest BCUT2D eigenvalue weighted by atomic mass is 31.1. The van der Waals surface area contributed by atoms with Gasteiger partial charge in [-0.3, -0.25) is 0 Å². The van der Waals surface area contributed by atoms with E-state index in [1.165, 1.54) is 32.1 Å². The minimum absolute atomic E-state index is 0.833. The van der Waals surface area contributed by atoms with E-state index in [1.54, 1.807) is 0 Å². The molecule has 0 aromatic heterocycles. The van der Waals surface area contributed by atoms with Crippen molar-refractivity contribution in [3.63, 3.8) is 0 Å². The Morgan fingerprint density at radius 1 is 1.22 bits per heavy atom. The van der Waals surface area contributed by atoms with Crippen molar-refractivity contribution in [1.29, 1.82) is 0 Å². The second kappa shape index (κ2) is 8.06. The Labute approximate surface area is 57.6 Å². The van der Waals surface area contributed by atoms with Crippen LogP contribution >= 0.6 is 8.69 Å². The third kappa shape index (κ3) is 8.06. The van der Waals surface area contributed by atoms with Crippen LogP contribution < -0.4 is 0 Å². The van der Waals surface area contributed by atoms with Crippen molar-refractivity contribution >= 4 is 8.69 Å². The van der Waals surface area contributed by atoms with Gasteiger partial charge in [-0.25, -0.2) is 4.57 Å². The zero-order valence-electron chi connectivity index (χ0n) is 5.42. The van der Waals surface area contributed by atoms with E-state index in [0.717, 1.165) is 0 Å². The third-order valence-corrected chi connectivity index (χ3v) is 1.32. The lowest BCUT2D eigenvalue weighted by Gasteiger charge is -2.05. The maximum Gasteiger partial charge on any atom is 0.324 e. The maximum atomic E-state index is 8.46. The van der Waals surface area contributed by atoms with Crippen LogP contribution in [0.5, 0.6) is 0 Å². The Morgan fingerprint density at radius 3 is 1.78 bits per heavy atom. The van der Waals surface area contributed by atoms with E-state index in [2.05, 4.69) is 6.42 Å². The molecule has 1 radical (unpaired) electrons. The average molecular weight is 147 g/mol. The molecule has 3 heteroatoms. The Kier molecular flexibility index (Phi) is 8.11. The lowest BCUT2D eigenvalue weighted by atomic mass is 10.0. The number of hydrogen-bond donors (Lipinski definition) is 1. The normalized spacial score (nSPS) is 18.3. The summed E-state index contributed by atoms with van der Waals surface area (Å²) < 4.78 is 8.46. The summed E-state index contributed by atoms with van der Waals surface area (Å²) >= 11 is 0. The van der Waals surface area contributed by atoms with E-state index in [4.69, 9.17) is 9.46 Å². The minimum atomic E-state index is -0.833. The SMILES string of the molecule is O=PO.[CH]1CCCCC1. The monoisotopic (exact) mass is 147 g/mol. The maximum absolute atomic E-state index is 8.46. The van der Waals surface area contributed by atoms with Gasteiger partial charge in [0.2, 0.25) is 0 Å². The topological polar surface area (TPSA) is 37.3 Å². The van der Waals surface area contributed by atoms with Gasteiger partial charge in [-0.15, -0.1) is 0 Å². The van der Waals surface area contributed by atoms with Crippen molar-refractivity contribution in [2.75, 3.05) is 0 Å². The molecular formula is C6H12O2P. The second-order valence-corrected chi connectivity index (χ2v) is 2.17. The summed E-state index contributed by atoms with van der Waals surface area (Å²) in [5.74, 6) is 0. The van der Waals surface area contributed by atoms with E-state index >= 15 is 0 Å². The van der Waals surface area contributed by atoms with E-state index < -0.39 is 8.69 Å². The molecule has 1 N–H and O–H groups in total. The van der Waals surface area contributed by atoms with Crippen LogP contribution in [-0.2, 0) is 4.57 Å². The Hall–Kier alpha value is 0.0600. The summed E-state index contributed by atoms with van der Waals surface area (Å²) in [7, 11) is -0.833. The molecule has 0 heterocycles. The van der Waals surface area contributed by atoms with Crippen LogP contribution in [0.4, 0.5) is 0 Å². The molecule has 1 saturated carbocycles. The molecule has 0 amide bonds. The summed E-state index contributed by atoms with van der Waals surface area (Å²) in [6.07, 6.45) is 9.50. The fraction of sp³-hybridized carbons (Fsp3) is 0.833. The first-order chi connectivity index (χ1) is 4.41. The molecule has 0 bridgehead atoms. The van der Waals surface area contributed by atoms with Gasteiger partial charge < -0.3 is 4.89 Å². The van der Waals surface area contributed by atoms with Crippen molar-refractivity contribution in [3.8, 4) is 0 Å². The predicted molar refractivity (Wildman–Crippen MR) is 37.2 cm³/mol. The van der Waals surface area contributed by atoms with Crippen LogP contribution in [0.15, 0.2) is 0 Å². The van der Waals surface area contributed by atoms with Crippen LogP contribution in [-0.4, -0.2) is 4.89 Å². The molecule has 0 aromatic carbocycles. The van der Waals surface area contributed by atoms with E-state index in [-0.39, 0.29) is 0 Å². The molecule has 1 fully saturated rings. The van der Waals surface area contributed by atoms with Gasteiger partial charge in [0.05, 0.1) is 0 Å². The minimum Gasteiger partial charge on any atom is -0.310 e. The molecule has 9 heavy (non-hydrogen) atoms. The molecule has 0 aliphatic heterocycles. The Balaban J connectivity index is 0.000000187. The first-order valence-corrected chi connectivity index (χ1v) is 3.96. The molecular weight excluding hydrogens is 135 g/mol. The molecule has 1 aliphatic carbocycles. The first kappa shape index (κ1) is 9.06. The van der Waals surface area contributed by atoms with Crippen LogP contribution in [0.2, 0.25) is 0 Å². The van der Waals surface area contributed by atoms with Gasteiger partial charge in [0.25, 0.3) is 0 Å². The second-order valence-electron chi connectivity index (χ2n) is 2.01. The van der Waals surface area contributed by atoms with E-state index in [1.807, 2.05) is 0 Å². The summed E-state index contributed by atoms with van der Waals surface area (Å²) in [4.78, 5) is 6.99. The molecule has 1 rings (SSSR count). The van der Waals surface area contributed by atoms with Crippen molar-refractivity contribution in [1.82, 2.24) is 0 Å². The molecule has 53 valence electrons. The average Bonchev–Trinajstić information content (AvgIpc) is 1.93. The summed E-state index contributed by atoms with van der Waals surface area (Å²) in [6.45, 7) is 0. The van der Waals surface area contributed by atoms with Crippen molar-refractivity contribution in [2.24, 2.45) is 0 Å². The zero-order chi connectivity index (χ0) is 6.95. The van der Waals surface area contributed by atoms with Gasteiger partial charge >= 0.3 is 8.69 Å². The van der Waals surface area contributed by atoms with Gasteiger partial charge in [-0.2, -0.15) is 0 Å². The standard InChI is InChI=1S/C6H11.HO2P/c1-2-4-6-5-3-1;1-3-2/h1H,2-6H2;(H,1,2). The van der Waals surface area contributed by atoms with Crippen LogP contribution in [0.3, 0.4) is 0 Å². The molecule has 0 atom stereocenters. The zero-order valence-corrected chi connectivity index (χ0v) is 6.31. The van der Waals surface area contributed by atoms with Crippen molar-refractivity contribution in [2.45, 2.75) is 32.1 Å². The quantitative estimate of drug-likeness (QED) is 0.534. The van der Waals surface area contributed by atoms with Crippen LogP contribution in [0, 0.1) is 6.42 Å². The first-order valence-electron chi connectivity index (χ1n) is 3.20. The highest BCUT2D eigenvalue weighted by Crippen LogP contribution is 2.14. The smallest absolute Gasteiger partial charge is 0.310 e. The molecule has 0 spiro atoms. The molecule has 2 nitrogen and oxygen atoms in total. The molecule has 0 saturated heterocycles. The predicted octanol–water partition coefficient (Wildman–Crippen LogP) is 2.34. The lowest BCUT2D eigenvalue weighted by Crippen LogP contribution is -1.87. The van der Waals surface area contributed by atoms with Gasteiger partial charge in [0.15, 0.2) is 0 Å².